The summed E-state index contributed by atoms with van der Waals surface area (Å²) >= 11 is 1.39. The zero-order valence-electron chi connectivity index (χ0n) is 18.8. The van der Waals surface area contributed by atoms with Gasteiger partial charge in [0, 0.05) is 23.2 Å². The predicted octanol–water partition coefficient (Wildman–Crippen LogP) is 6.05. The van der Waals surface area contributed by atoms with Crippen LogP contribution in [-0.4, -0.2) is 26.4 Å². The smallest absolute Gasteiger partial charge is 0.234 e. The molecular weight excluding hydrogens is 440 g/mol. The summed E-state index contributed by atoms with van der Waals surface area (Å²) in [4.78, 5) is 12.8. The highest BCUT2D eigenvalue weighted by molar-refractivity contribution is 7.99. The Bertz CT molecular complexity index is 1420. The first-order valence-electron chi connectivity index (χ1n) is 11.1. The Labute approximate surface area is 202 Å². The van der Waals surface area contributed by atoms with E-state index in [9.17, 15) is 4.79 Å². The standard InChI is InChI=1S/C28H24N4OS/c1-20-14-16-23(17-15-20)32-26(18-21-8-3-2-4-9-21)30-31-28(32)34-19-27(33)29-25-13-7-11-22-10-5-6-12-24(22)25/h2-17H,18-19H2,1H3,(H,29,33). The Morgan fingerprint density at radius 3 is 2.41 bits per heavy atom. The van der Waals surface area contributed by atoms with E-state index in [1.807, 2.05) is 65.2 Å². The number of fused-ring (bicyclic) bond motifs is 1. The summed E-state index contributed by atoms with van der Waals surface area (Å²) in [6, 6.07) is 32.4. The molecule has 0 unspecified atom stereocenters. The second kappa shape index (κ2) is 9.93. The maximum atomic E-state index is 12.8. The van der Waals surface area contributed by atoms with Gasteiger partial charge in [-0.2, -0.15) is 0 Å². The molecule has 0 atom stereocenters. The molecule has 1 N–H and O–H groups in total. The van der Waals surface area contributed by atoms with Crippen molar-refractivity contribution in [3.8, 4) is 5.69 Å². The van der Waals surface area contributed by atoms with E-state index in [0.717, 1.165) is 33.5 Å². The Hall–Kier alpha value is -3.90. The third kappa shape index (κ3) is 4.87. The Morgan fingerprint density at radius 1 is 0.853 bits per heavy atom. The van der Waals surface area contributed by atoms with Gasteiger partial charge in [-0.3, -0.25) is 9.36 Å². The van der Waals surface area contributed by atoms with Crippen molar-refractivity contribution in [2.75, 3.05) is 11.1 Å². The fourth-order valence-electron chi connectivity index (χ4n) is 3.89. The lowest BCUT2D eigenvalue weighted by atomic mass is 10.1. The molecule has 34 heavy (non-hydrogen) atoms. The van der Waals surface area contributed by atoms with E-state index in [4.69, 9.17) is 0 Å². The van der Waals surface area contributed by atoms with Gasteiger partial charge in [0.05, 0.1) is 5.75 Å². The van der Waals surface area contributed by atoms with Crippen molar-refractivity contribution in [2.45, 2.75) is 18.5 Å². The van der Waals surface area contributed by atoms with Gasteiger partial charge in [-0.25, -0.2) is 0 Å². The number of anilines is 1. The number of benzene rings is 4. The average Bonchev–Trinajstić information content (AvgIpc) is 3.26. The predicted molar refractivity (Wildman–Crippen MR) is 139 cm³/mol. The van der Waals surface area contributed by atoms with Crippen molar-refractivity contribution in [3.63, 3.8) is 0 Å². The Balaban J connectivity index is 1.37. The van der Waals surface area contributed by atoms with Gasteiger partial charge >= 0.3 is 0 Å². The first kappa shape index (κ1) is 21.9. The normalized spacial score (nSPS) is 11.0. The fraction of sp³-hybridized carbons (Fsp3) is 0.107. The van der Waals surface area contributed by atoms with Crippen molar-refractivity contribution in [2.24, 2.45) is 0 Å². The zero-order valence-corrected chi connectivity index (χ0v) is 19.6. The maximum Gasteiger partial charge on any atom is 0.234 e. The van der Waals surface area contributed by atoms with Gasteiger partial charge in [0.1, 0.15) is 5.82 Å². The van der Waals surface area contributed by atoms with Crippen LogP contribution < -0.4 is 5.32 Å². The van der Waals surface area contributed by atoms with Gasteiger partial charge in [0.2, 0.25) is 5.91 Å². The number of carbonyl (C=O) groups excluding carboxylic acids is 1. The highest BCUT2D eigenvalue weighted by Gasteiger charge is 2.17. The molecule has 5 aromatic rings. The van der Waals surface area contributed by atoms with Gasteiger partial charge in [-0.15, -0.1) is 10.2 Å². The van der Waals surface area contributed by atoms with Crippen LogP contribution in [0.2, 0.25) is 0 Å². The lowest BCUT2D eigenvalue weighted by Crippen LogP contribution is -2.15. The van der Waals surface area contributed by atoms with E-state index in [0.29, 0.717) is 11.6 Å². The number of nitrogens with zero attached hydrogens (tertiary/aromatic N) is 3. The number of carbonyl (C=O) groups is 1. The van der Waals surface area contributed by atoms with Crippen molar-refractivity contribution >= 4 is 34.1 Å². The number of amides is 1. The molecule has 5 nitrogen and oxygen atoms in total. The summed E-state index contributed by atoms with van der Waals surface area (Å²) in [6.07, 6.45) is 0.657. The van der Waals surface area contributed by atoms with Crippen LogP contribution in [0.5, 0.6) is 0 Å². The highest BCUT2D eigenvalue weighted by atomic mass is 32.2. The van der Waals surface area contributed by atoms with Crippen LogP contribution in [0.3, 0.4) is 0 Å². The molecule has 1 heterocycles. The molecule has 6 heteroatoms. The van der Waals surface area contributed by atoms with E-state index in [-0.39, 0.29) is 11.7 Å². The van der Waals surface area contributed by atoms with Gasteiger partial charge < -0.3 is 5.32 Å². The summed E-state index contributed by atoms with van der Waals surface area (Å²) < 4.78 is 2.04. The quantitative estimate of drug-likeness (QED) is 0.298. The monoisotopic (exact) mass is 464 g/mol. The summed E-state index contributed by atoms with van der Waals surface area (Å²) in [7, 11) is 0. The van der Waals surface area contributed by atoms with Gasteiger partial charge in [0.25, 0.3) is 0 Å². The van der Waals surface area contributed by atoms with Crippen molar-refractivity contribution in [1.82, 2.24) is 14.8 Å². The van der Waals surface area contributed by atoms with Crippen LogP contribution in [0.1, 0.15) is 17.0 Å². The zero-order chi connectivity index (χ0) is 23.3. The molecule has 0 spiro atoms. The van der Waals surface area contributed by atoms with Gasteiger partial charge in [-0.05, 0) is 36.1 Å². The van der Waals surface area contributed by atoms with E-state index in [1.165, 1.54) is 17.3 Å². The van der Waals surface area contributed by atoms with E-state index < -0.39 is 0 Å². The summed E-state index contributed by atoms with van der Waals surface area (Å²) in [5.74, 6) is 0.995. The average molecular weight is 465 g/mol. The Morgan fingerprint density at radius 2 is 1.59 bits per heavy atom. The van der Waals surface area contributed by atoms with Crippen LogP contribution in [0.25, 0.3) is 16.5 Å². The van der Waals surface area contributed by atoms with Crippen LogP contribution in [-0.2, 0) is 11.2 Å². The summed E-state index contributed by atoms with van der Waals surface area (Å²) in [5.41, 5.74) is 4.14. The molecule has 0 fully saturated rings. The molecule has 0 bridgehead atoms. The lowest BCUT2D eigenvalue weighted by molar-refractivity contribution is -0.113. The number of hydrogen-bond donors (Lipinski definition) is 1. The number of hydrogen-bond acceptors (Lipinski definition) is 4. The SMILES string of the molecule is Cc1ccc(-n2c(Cc3ccccc3)nnc2SCC(=O)Nc2cccc3ccccc23)cc1. The van der Waals surface area contributed by atoms with E-state index in [1.54, 1.807) is 0 Å². The highest BCUT2D eigenvalue weighted by Crippen LogP contribution is 2.26. The minimum Gasteiger partial charge on any atom is -0.325 e. The van der Waals surface area contributed by atoms with E-state index >= 15 is 0 Å². The van der Waals surface area contributed by atoms with Gasteiger partial charge in [-0.1, -0.05) is 96.2 Å². The second-order valence-corrected chi connectivity index (χ2v) is 9.04. The molecule has 0 aliphatic heterocycles. The minimum atomic E-state index is -0.0792. The number of thioether (sulfide) groups is 1. The van der Waals surface area contributed by atoms with Crippen LogP contribution in [0, 0.1) is 6.92 Å². The van der Waals surface area contributed by atoms with Crippen molar-refractivity contribution in [3.05, 3.63) is 114 Å². The molecule has 168 valence electrons. The lowest BCUT2D eigenvalue weighted by Gasteiger charge is -2.11. The second-order valence-electron chi connectivity index (χ2n) is 8.10. The maximum absolute atomic E-state index is 12.8. The molecule has 1 aromatic heterocycles. The van der Waals surface area contributed by atoms with Crippen molar-refractivity contribution in [1.29, 1.82) is 0 Å². The summed E-state index contributed by atoms with van der Waals surface area (Å²) in [5, 5.41) is 14.8. The first-order valence-corrected chi connectivity index (χ1v) is 12.1. The number of rotatable bonds is 7. The molecule has 5 rings (SSSR count). The van der Waals surface area contributed by atoms with E-state index in [2.05, 4.69) is 58.8 Å². The van der Waals surface area contributed by atoms with Crippen LogP contribution >= 0.6 is 11.8 Å². The molecule has 0 radical (unpaired) electrons. The molecule has 0 saturated carbocycles. The minimum absolute atomic E-state index is 0.0792. The molecule has 1 amide bonds. The fourth-order valence-corrected chi connectivity index (χ4v) is 4.66. The molecule has 0 aliphatic carbocycles. The number of aryl methyl sites for hydroxylation is 1. The Kier molecular flexibility index (Phi) is 6.40. The molecule has 4 aromatic carbocycles. The molecule has 0 aliphatic rings. The third-order valence-electron chi connectivity index (χ3n) is 5.59. The largest absolute Gasteiger partial charge is 0.325 e. The first-order chi connectivity index (χ1) is 16.7. The number of nitrogens with one attached hydrogen (secondary N) is 1. The topological polar surface area (TPSA) is 59.8 Å². The molecule has 0 saturated heterocycles. The molecular formula is C28H24N4OS. The van der Waals surface area contributed by atoms with Gasteiger partial charge in [0.15, 0.2) is 5.16 Å². The van der Waals surface area contributed by atoms with Crippen LogP contribution in [0.4, 0.5) is 5.69 Å². The summed E-state index contributed by atoms with van der Waals surface area (Å²) in [6.45, 7) is 2.06. The van der Waals surface area contributed by atoms with Crippen LogP contribution in [0.15, 0.2) is 102 Å². The van der Waals surface area contributed by atoms with Crippen molar-refractivity contribution < 1.29 is 4.79 Å². The number of aromatic nitrogens is 3. The third-order valence-corrected chi connectivity index (χ3v) is 6.52.